The molecule has 0 aliphatic carbocycles. The van der Waals surface area contributed by atoms with Gasteiger partial charge in [0.05, 0.1) is 0 Å². The minimum atomic E-state index is -0.279. The molecule has 5 nitrogen and oxygen atoms in total. The lowest BCUT2D eigenvalue weighted by atomic mass is 10.1. The van der Waals surface area contributed by atoms with E-state index >= 15 is 0 Å². The van der Waals surface area contributed by atoms with E-state index in [2.05, 4.69) is 16.4 Å². The summed E-state index contributed by atoms with van der Waals surface area (Å²) in [5.41, 5.74) is 7.07. The zero-order chi connectivity index (χ0) is 24.5. The topological polar surface area (TPSA) is 68.3 Å². The van der Waals surface area contributed by atoms with E-state index in [9.17, 15) is 4.79 Å². The van der Waals surface area contributed by atoms with Gasteiger partial charge in [-0.3, -0.25) is 4.79 Å². The van der Waals surface area contributed by atoms with Crippen LogP contribution in [0.15, 0.2) is 81.6 Å². The standard InChI is InChI=1S/C29H23ClN2O3/c1-17-12-18(2)14-21(13-17)29-32-25-16-22(6-9-27(25)35-29)31-28(33)11-8-23-7-10-26(34-23)20-5-4-19(3)24(30)15-20/h4-16H,1-3H3,(H,31,33)/b11-8+. The first-order chi connectivity index (χ1) is 16.8. The minimum absolute atomic E-state index is 0.279. The number of oxazole rings is 1. The van der Waals surface area contributed by atoms with Crippen molar-refractivity contribution >= 4 is 40.4 Å². The molecule has 2 heterocycles. The van der Waals surface area contributed by atoms with Crippen molar-refractivity contribution in [3.8, 4) is 22.8 Å². The molecule has 5 aromatic rings. The third-order valence-corrected chi connectivity index (χ3v) is 6.01. The Hall–Kier alpha value is -4.09. The largest absolute Gasteiger partial charge is 0.457 e. The van der Waals surface area contributed by atoms with E-state index in [-0.39, 0.29) is 5.91 Å². The zero-order valence-electron chi connectivity index (χ0n) is 19.6. The lowest BCUT2D eigenvalue weighted by Gasteiger charge is -2.01. The number of rotatable bonds is 5. The highest BCUT2D eigenvalue weighted by Crippen LogP contribution is 2.29. The summed E-state index contributed by atoms with van der Waals surface area (Å²) >= 11 is 6.21. The summed E-state index contributed by atoms with van der Waals surface area (Å²) in [6.07, 6.45) is 3.06. The summed E-state index contributed by atoms with van der Waals surface area (Å²) in [4.78, 5) is 17.1. The van der Waals surface area contributed by atoms with Gasteiger partial charge in [-0.2, -0.15) is 0 Å². The Morgan fingerprint density at radius 2 is 1.69 bits per heavy atom. The van der Waals surface area contributed by atoms with E-state index in [0.29, 0.717) is 39.2 Å². The number of carbonyl (C=O) groups excluding carboxylic acids is 1. The average molecular weight is 483 g/mol. The van der Waals surface area contributed by atoms with Crippen LogP contribution >= 0.6 is 11.6 Å². The van der Waals surface area contributed by atoms with Gasteiger partial charge in [-0.15, -0.1) is 0 Å². The number of carbonyl (C=O) groups is 1. The first kappa shape index (κ1) is 22.7. The molecule has 2 aromatic heterocycles. The van der Waals surface area contributed by atoms with Crippen LogP contribution in [-0.2, 0) is 4.79 Å². The maximum atomic E-state index is 12.5. The van der Waals surface area contributed by atoms with Gasteiger partial charge in [0.25, 0.3) is 0 Å². The fraction of sp³-hybridized carbons (Fsp3) is 0.103. The van der Waals surface area contributed by atoms with Crippen molar-refractivity contribution in [2.45, 2.75) is 20.8 Å². The van der Waals surface area contributed by atoms with Gasteiger partial charge < -0.3 is 14.2 Å². The highest BCUT2D eigenvalue weighted by Gasteiger charge is 2.11. The summed E-state index contributed by atoms with van der Waals surface area (Å²) in [6, 6.07) is 21.0. The van der Waals surface area contributed by atoms with Crippen molar-refractivity contribution < 1.29 is 13.6 Å². The van der Waals surface area contributed by atoms with E-state index < -0.39 is 0 Å². The molecule has 6 heteroatoms. The Morgan fingerprint density at radius 1 is 0.886 bits per heavy atom. The summed E-state index contributed by atoms with van der Waals surface area (Å²) in [6.45, 7) is 6.04. The number of amides is 1. The van der Waals surface area contributed by atoms with Gasteiger partial charge in [-0.25, -0.2) is 4.98 Å². The van der Waals surface area contributed by atoms with E-state index in [1.165, 1.54) is 6.08 Å². The Kier molecular flexibility index (Phi) is 6.01. The van der Waals surface area contributed by atoms with Gasteiger partial charge >= 0.3 is 0 Å². The summed E-state index contributed by atoms with van der Waals surface area (Å²) < 4.78 is 11.8. The number of aromatic nitrogens is 1. The van der Waals surface area contributed by atoms with Gasteiger partial charge in [-0.1, -0.05) is 40.9 Å². The maximum absolute atomic E-state index is 12.5. The monoisotopic (exact) mass is 482 g/mol. The van der Waals surface area contributed by atoms with Gasteiger partial charge in [0.15, 0.2) is 5.58 Å². The number of nitrogens with zero attached hydrogens (tertiary/aromatic N) is 1. The molecule has 0 atom stereocenters. The minimum Gasteiger partial charge on any atom is -0.457 e. The number of benzene rings is 3. The molecular formula is C29H23ClN2O3. The summed E-state index contributed by atoms with van der Waals surface area (Å²) in [7, 11) is 0. The number of hydrogen-bond acceptors (Lipinski definition) is 4. The molecule has 5 rings (SSSR count). The molecule has 0 bridgehead atoms. The highest BCUT2D eigenvalue weighted by molar-refractivity contribution is 6.31. The molecule has 0 fully saturated rings. The molecule has 0 aliphatic heterocycles. The second kappa shape index (κ2) is 9.28. The van der Waals surface area contributed by atoms with Crippen molar-refractivity contribution in [2.24, 2.45) is 0 Å². The predicted molar refractivity (Wildman–Crippen MR) is 140 cm³/mol. The maximum Gasteiger partial charge on any atom is 0.248 e. The van der Waals surface area contributed by atoms with Crippen LogP contribution in [0.2, 0.25) is 5.02 Å². The molecule has 0 radical (unpaired) electrons. The Morgan fingerprint density at radius 3 is 2.46 bits per heavy atom. The number of halogens is 1. The first-order valence-electron chi connectivity index (χ1n) is 11.2. The van der Waals surface area contributed by atoms with Gasteiger partial charge in [0, 0.05) is 27.9 Å². The predicted octanol–water partition coefficient (Wildman–Crippen LogP) is 7.99. The molecular weight excluding hydrogens is 460 g/mol. The Labute approximate surface area is 208 Å². The number of aryl methyl sites for hydroxylation is 3. The summed E-state index contributed by atoms with van der Waals surface area (Å²) in [5.74, 6) is 1.53. The quantitative estimate of drug-likeness (QED) is 0.258. The second-order valence-corrected chi connectivity index (χ2v) is 8.97. The summed E-state index contributed by atoms with van der Waals surface area (Å²) in [5, 5.41) is 3.54. The smallest absolute Gasteiger partial charge is 0.248 e. The van der Waals surface area contributed by atoms with Crippen LogP contribution in [0.1, 0.15) is 22.5 Å². The molecule has 3 aromatic carbocycles. The van der Waals surface area contributed by atoms with Crippen LogP contribution in [0, 0.1) is 20.8 Å². The van der Waals surface area contributed by atoms with Gasteiger partial charge in [-0.05, 0) is 80.9 Å². The van der Waals surface area contributed by atoms with Crippen LogP contribution in [0.25, 0.3) is 40.0 Å². The lowest BCUT2D eigenvalue weighted by molar-refractivity contribution is -0.111. The molecule has 0 spiro atoms. The van der Waals surface area contributed by atoms with Crippen LogP contribution in [0.3, 0.4) is 0 Å². The molecule has 35 heavy (non-hydrogen) atoms. The van der Waals surface area contributed by atoms with E-state index in [1.807, 2.05) is 63.2 Å². The highest BCUT2D eigenvalue weighted by atomic mass is 35.5. The molecule has 1 amide bonds. The van der Waals surface area contributed by atoms with Gasteiger partial charge in [0.1, 0.15) is 17.0 Å². The Bertz CT molecular complexity index is 1570. The van der Waals surface area contributed by atoms with Crippen LogP contribution in [0.5, 0.6) is 0 Å². The third kappa shape index (κ3) is 5.05. The zero-order valence-corrected chi connectivity index (χ0v) is 20.3. The van der Waals surface area contributed by atoms with Crippen LogP contribution < -0.4 is 5.32 Å². The molecule has 0 saturated heterocycles. The molecule has 0 aliphatic rings. The van der Waals surface area contributed by atoms with Crippen molar-refractivity contribution in [3.05, 3.63) is 100 Å². The van der Waals surface area contributed by atoms with Crippen molar-refractivity contribution in [1.29, 1.82) is 0 Å². The molecule has 1 N–H and O–H groups in total. The van der Waals surface area contributed by atoms with E-state index in [1.54, 1.807) is 24.3 Å². The van der Waals surface area contributed by atoms with Crippen LogP contribution in [0.4, 0.5) is 5.69 Å². The van der Waals surface area contributed by atoms with Crippen LogP contribution in [-0.4, -0.2) is 10.9 Å². The number of fused-ring (bicyclic) bond motifs is 1. The molecule has 174 valence electrons. The van der Waals surface area contributed by atoms with Crippen molar-refractivity contribution in [3.63, 3.8) is 0 Å². The number of furan rings is 1. The van der Waals surface area contributed by atoms with Crippen molar-refractivity contribution in [2.75, 3.05) is 5.32 Å². The number of hydrogen-bond donors (Lipinski definition) is 1. The molecule has 0 saturated carbocycles. The number of nitrogens with one attached hydrogen (secondary N) is 1. The average Bonchev–Trinajstić information content (AvgIpc) is 3.46. The fourth-order valence-electron chi connectivity index (χ4n) is 3.91. The molecule has 0 unspecified atom stereocenters. The first-order valence-corrected chi connectivity index (χ1v) is 11.6. The van der Waals surface area contributed by atoms with Gasteiger partial charge in [0.2, 0.25) is 11.8 Å². The van der Waals surface area contributed by atoms with Crippen molar-refractivity contribution in [1.82, 2.24) is 4.98 Å². The Balaban J connectivity index is 1.29. The fourth-order valence-corrected chi connectivity index (χ4v) is 4.09. The SMILES string of the molecule is Cc1cc(C)cc(-c2nc3cc(NC(=O)/C=C/c4ccc(-c5ccc(C)c(Cl)c5)o4)ccc3o2)c1. The normalized spacial score (nSPS) is 11.4. The van der Waals surface area contributed by atoms with E-state index in [0.717, 1.165) is 27.8 Å². The lowest BCUT2D eigenvalue weighted by Crippen LogP contribution is -2.07. The van der Waals surface area contributed by atoms with E-state index in [4.69, 9.17) is 20.4 Å². The number of anilines is 1. The third-order valence-electron chi connectivity index (χ3n) is 5.61. The second-order valence-electron chi connectivity index (χ2n) is 8.57.